The van der Waals surface area contributed by atoms with Crippen molar-refractivity contribution in [1.82, 2.24) is 10.6 Å². The Morgan fingerprint density at radius 2 is 2.21 bits per heavy atom. The van der Waals surface area contributed by atoms with Gasteiger partial charge in [-0.2, -0.15) is 11.8 Å². The van der Waals surface area contributed by atoms with Crippen LogP contribution in [0, 0.1) is 0 Å². The van der Waals surface area contributed by atoms with E-state index in [9.17, 15) is 4.79 Å². The highest BCUT2D eigenvalue weighted by atomic mass is 32.2. The van der Waals surface area contributed by atoms with Gasteiger partial charge >= 0.3 is 0 Å². The standard InChI is InChI=1S/C15H22N2OS/c1-2-19-11-12-5-7-13(8-6-12)15(18)17-14-4-3-9-16-10-14/h5-8,14,16H,2-4,9-11H2,1H3,(H,17,18). The zero-order valence-electron chi connectivity index (χ0n) is 11.4. The van der Waals surface area contributed by atoms with E-state index < -0.39 is 0 Å². The average Bonchev–Trinajstić information content (AvgIpc) is 2.46. The Labute approximate surface area is 119 Å². The van der Waals surface area contributed by atoms with E-state index in [0.29, 0.717) is 0 Å². The maximum absolute atomic E-state index is 12.1. The van der Waals surface area contributed by atoms with Gasteiger partial charge in [0.25, 0.3) is 5.91 Å². The van der Waals surface area contributed by atoms with Gasteiger partial charge in [-0.05, 0) is 42.8 Å². The van der Waals surface area contributed by atoms with E-state index in [4.69, 9.17) is 0 Å². The fourth-order valence-electron chi connectivity index (χ4n) is 2.22. The third-order valence-electron chi connectivity index (χ3n) is 3.32. The van der Waals surface area contributed by atoms with Gasteiger partial charge in [0.15, 0.2) is 0 Å². The molecule has 2 N–H and O–H groups in total. The van der Waals surface area contributed by atoms with Crippen molar-refractivity contribution in [2.45, 2.75) is 31.6 Å². The molecule has 104 valence electrons. The molecule has 0 aliphatic carbocycles. The summed E-state index contributed by atoms with van der Waals surface area (Å²) in [7, 11) is 0. The SMILES string of the molecule is CCSCc1ccc(C(=O)NC2CCCNC2)cc1. The summed E-state index contributed by atoms with van der Waals surface area (Å²) in [6.07, 6.45) is 2.21. The fourth-order valence-corrected chi connectivity index (χ4v) is 2.85. The van der Waals surface area contributed by atoms with Crippen LogP contribution in [0.5, 0.6) is 0 Å². The number of hydrogen-bond acceptors (Lipinski definition) is 3. The zero-order chi connectivity index (χ0) is 13.5. The number of carbonyl (C=O) groups excluding carboxylic acids is 1. The summed E-state index contributed by atoms with van der Waals surface area (Å²) in [5, 5.41) is 6.40. The first-order valence-electron chi connectivity index (χ1n) is 6.98. The number of benzene rings is 1. The number of thioether (sulfide) groups is 1. The van der Waals surface area contributed by atoms with Gasteiger partial charge in [-0.25, -0.2) is 0 Å². The molecular weight excluding hydrogens is 256 g/mol. The van der Waals surface area contributed by atoms with Crippen LogP contribution >= 0.6 is 11.8 Å². The zero-order valence-corrected chi connectivity index (χ0v) is 12.3. The topological polar surface area (TPSA) is 41.1 Å². The van der Waals surface area contributed by atoms with Crippen molar-refractivity contribution < 1.29 is 4.79 Å². The van der Waals surface area contributed by atoms with E-state index in [0.717, 1.165) is 43.0 Å². The number of carbonyl (C=O) groups is 1. The molecule has 0 spiro atoms. The Balaban J connectivity index is 1.87. The van der Waals surface area contributed by atoms with Gasteiger partial charge < -0.3 is 10.6 Å². The van der Waals surface area contributed by atoms with Crippen LogP contribution in [0.3, 0.4) is 0 Å². The van der Waals surface area contributed by atoms with Crippen molar-refractivity contribution in [3.8, 4) is 0 Å². The molecule has 0 bridgehead atoms. The quantitative estimate of drug-likeness (QED) is 0.869. The summed E-state index contributed by atoms with van der Waals surface area (Å²) in [5.74, 6) is 2.19. The largest absolute Gasteiger partial charge is 0.348 e. The van der Waals surface area contributed by atoms with Gasteiger partial charge in [-0.3, -0.25) is 4.79 Å². The molecule has 1 heterocycles. The highest BCUT2D eigenvalue weighted by molar-refractivity contribution is 7.98. The number of rotatable bonds is 5. The maximum Gasteiger partial charge on any atom is 0.251 e. The molecule has 19 heavy (non-hydrogen) atoms. The predicted molar refractivity (Wildman–Crippen MR) is 81.6 cm³/mol. The third kappa shape index (κ3) is 4.55. The van der Waals surface area contributed by atoms with E-state index in [2.05, 4.69) is 29.7 Å². The van der Waals surface area contributed by atoms with Crippen LogP contribution in [-0.4, -0.2) is 30.8 Å². The lowest BCUT2D eigenvalue weighted by Gasteiger charge is -2.23. The molecule has 1 fully saturated rings. The number of piperidine rings is 1. The number of amides is 1. The van der Waals surface area contributed by atoms with Gasteiger partial charge in [0.1, 0.15) is 0 Å². The van der Waals surface area contributed by atoms with E-state index in [-0.39, 0.29) is 11.9 Å². The first-order valence-corrected chi connectivity index (χ1v) is 8.13. The minimum Gasteiger partial charge on any atom is -0.348 e. The molecule has 1 saturated heterocycles. The molecule has 3 nitrogen and oxygen atoms in total. The Kier molecular flexibility index (Phi) is 5.73. The predicted octanol–water partition coefficient (Wildman–Crippen LogP) is 2.42. The minimum atomic E-state index is 0.0448. The molecule has 1 amide bonds. The van der Waals surface area contributed by atoms with Crippen LogP contribution in [0.4, 0.5) is 0 Å². The Bertz CT molecular complexity index is 399. The van der Waals surface area contributed by atoms with Crippen LogP contribution < -0.4 is 10.6 Å². The van der Waals surface area contributed by atoms with E-state index in [1.54, 1.807) is 0 Å². The molecule has 0 aromatic heterocycles. The summed E-state index contributed by atoms with van der Waals surface area (Å²) >= 11 is 1.90. The molecule has 1 aromatic rings. The molecule has 4 heteroatoms. The Morgan fingerprint density at radius 3 is 2.84 bits per heavy atom. The van der Waals surface area contributed by atoms with Crippen molar-refractivity contribution in [3.05, 3.63) is 35.4 Å². The van der Waals surface area contributed by atoms with E-state index in [1.807, 2.05) is 23.9 Å². The molecule has 1 atom stereocenters. The second-order valence-electron chi connectivity index (χ2n) is 4.85. The smallest absolute Gasteiger partial charge is 0.251 e. The monoisotopic (exact) mass is 278 g/mol. The van der Waals surface area contributed by atoms with Crippen molar-refractivity contribution in [2.75, 3.05) is 18.8 Å². The third-order valence-corrected chi connectivity index (χ3v) is 4.27. The van der Waals surface area contributed by atoms with Crippen LogP contribution in [0.1, 0.15) is 35.7 Å². The normalized spacial score (nSPS) is 19.1. The minimum absolute atomic E-state index is 0.0448. The molecular formula is C15H22N2OS. The molecule has 0 radical (unpaired) electrons. The molecule has 1 aliphatic rings. The lowest BCUT2D eigenvalue weighted by atomic mass is 10.1. The molecule has 1 aliphatic heterocycles. The summed E-state index contributed by atoms with van der Waals surface area (Å²) in [4.78, 5) is 12.1. The van der Waals surface area contributed by atoms with Gasteiger partial charge in [0.2, 0.25) is 0 Å². The van der Waals surface area contributed by atoms with Gasteiger partial charge in [-0.1, -0.05) is 19.1 Å². The van der Waals surface area contributed by atoms with Crippen LogP contribution in [0.2, 0.25) is 0 Å². The molecule has 1 unspecified atom stereocenters. The van der Waals surface area contributed by atoms with Crippen molar-refractivity contribution in [1.29, 1.82) is 0 Å². The number of nitrogens with one attached hydrogen (secondary N) is 2. The van der Waals surface area contributed by atoms with Crippen LogP contribution in [-0.2, 0) is 5.75 Å². The van der Waals surface area contributed by atoms with Gasteiger partial charge in [0, 0.05) is 23.9 Å². The Hall–Kier alpha value is -1.00. The average molecular weight is 278 g/mol. The van der Waals surface area contributed by atoms with Crippen LogP contribution in [0.15, 0.2) is 24.3 Å². The summed E-state index contributed by atoms with van der Waals surface area (Å²) in [5.41, 5.74) is 2.04. The van der Waals surface area contributed by atoms with E-state index >= 15 is 0 Å². The van der Waals surface area contributed by atoms with Crippen molar-refractivity contribution in [2.24, 2.45) is 0 Å². The summed E-state index contributed by atoms with van der Waals surface area (Å²) < 4.78 is 0. The molecule has 2 rings (SSSR count). The lowest BCUT2D eigenvalue weighted by Crippen LogP contribution is -2.45. The second kappa shape index (κ2) is 7.56. The highest BCUT2D eigenvalue weighted by Crippen LogP contribution is 2.13. The highest BCUT2D eigenvalue weighted by Gasteiger charge is 2.16. The van der Waals surface area contributed by atoms with Crippen molar-refractivity contribution >= 4 is 17.7 Å². The van der Waals surface area contributed by atoms with Gasteiger partial charge in [-0.15, -0.1) is 0 Å². The molecule has 1 aromatic carbocycles. The fraction of sp³-hybridized carbons (Fsp3) is 0.533. The summed E-state index contributed by atoms with van der Waals surface area (Å²) in [6, 6.07) is 8.23. The summed E-state index contributed by atoms with van der Waals surface area (Å²) in [6.45, 7) is 4.11. The second-order valence-corrected chi connectivity index (χ2v) is 6.13. The lowest BCUT2D eigenvalue weighted by molar-refractivity contribution is 0.0930. The first kappa shape index (κ1) is 14.4. The van der Waals surface area contributed by atoms with E-state index in [1.165, 1.54) is 5.56 Å². The Morgan fingerprint density at radius 1 is 1.42 bits per heavy atom. The molecule has 0 saturated carbocycles. The first-order chi connectivity index (χ1) is 9.29. The maximum atomic E-state index is 12.1. The number of hydrogen-bond donors (Lipinski definition) is 2. The van der Waals surface area contributed by atoms with Crippen molar-refractivity contribution in [3.63, 3.8) is 0 Å². The van der Waals surface area contributed by atoms with Gasteiger partial charge in [0.05, 0.1) is 0 Å². The van der Waals surface area contributed by atoms with Crippen LogP contribution in [0.25, 0.3) is 0 Å².